The fraction of sp³-hybridized carbons (Fsp3) is 0.611. The summed E-state index contributed by atoms with van der Waals surface area (Å²) >= 11 is 6.00. The summed E-state index contributed by atoms with van der Waals surface area (Å²) in [7, 11) is 0. The molecule has 6 nitrogen and oxygen atoms in total. The molecule has 2 heterocycles. The van der Waals surface area contributed by atoms with Crippen molar-refractivity contribution in [2.45, 2.75) is 44.4 Å². The van der Waals surface area contributed by atoms with Crippen LogP contribution in [0.15, 0.2) is 29.4 Å². The Labute approximate surface area is 154 Å². The molecule has 25 heavy (non-hydrogen) atoms. The Morgan fingerprint density at radius 1 is 1.32 bits per heavy atom. The molecule has 2 fully saturated rings. The summed E-state index contributed by atoms with van der Waals surface area (Å²) in [4.78, 5) is 4.54. The Morgan fingerprint density at radius 2 is 2.00 bits per heavy atom. The van der Waals surface area contributed by atoms with Gasteiger partial charge in [0.05, 0.1) is 12.7 Å². The van der Waals surface area contributed by atoms with Crippen molar-refractivity contribution in [2.24, 2.45) is 10.9 Å². The Bertz CT molecular complexity index is 587. The smallest absolute Gasteiger partial charge is 0.233 e. The lowest BCUT2D eigenvalue weighted by atomic mass is 9.96. The van der Waals surface area contributed by atoms with Crippen LogP contribution in [0.5, 0.6) is 0 Å². The Morgan fingerprint density at radius 3 is 2.64 bits per heavy atom. The third-order valence-corrected chi connectivity index (χ3v) is 5.51. The number of likely N-dealkylation sites (tertiary alicyclic amines) is 1. The maximum Gasteiger partial charge on any atom is 0.233 e. The predicted molar refractivity (Wildman–Crippen MR) is 99.1 cm³/mol. The minimum absolute atomic E-state index is 0.214. The number of benzene rings is 1. The third kappa shape index (κ3) is 4.57. The zero-order valence-corrected chi connectivity index (χ0v) is 15.4. The number of hydrogen-bond donors (Lipinski definition) is 2. The van der Waals surface area contributed by atoms with Gasteiger partial charge in [-0.15, -0.1) is 0 Å². The summed E-state index contributed by atoms with van der Waals surface area (Å²) < 4.78 is 5.93. The van der Waals surface area contributed by atoms with Crippen LogP contribution < -0.4 is 5.73 Å². The number of rotatable bonds is 3. The lowest BCUT2D eigenvalue weighted by molar-refractivity contribution is -0.0777. The summed E-state index contributed by atoms with van der Waals surface area (Å²) in [6.45, 7) is 5.48. The minimum Gasteiger partial charge on any atom is -0.408 e. The Balaban J connectivity index is 1.65. The lowest BCUT2D eigenvalue weighted by Gasteiger charge is -2.46. The normalized spacial score (nSPS) is 26.8. The van der Waals surface area contributed by atoms with Crippen LogP contribution in [0, 0.1) is 0 Å². The molecule has 2 saturated heterocycles. The molecule has 0 aliphatic carbocycles. The van der Waals surface area contributed by atoms with Gasteiger partial charge in [-0.25, -0.2) is 0 Å². The van der Waals surface area contributed by atoms with Gasteiger partial charge in [-0.1, -0.05) is 28.9 Å². The molecule has 2 aliphatic heterocycles. The SMILES string of the molecule is C[C@H]1CN(C2CCN(C(N)=NO)CC2)[C@@H](Cc2ccc(Cl)cc2)CO1. The first-order valence-electron chi connectivity index (χ1n) is 8.91. The van der Waals surface area contributed by atoms with E-state index >= 15 is 0 Å². The number of nitrogens with two attached hydrogens (primary N) is 1. The quantitative estimate of drug-likeness (QED) is 0.371. The van der Waals surface area contributed by atoms with Crippen molar-refractivity contribution >= 4 is 17.6 Å². The second-order valence-electron chi connectivity index (χ2n) is 7.00. The summed E-state index contributed by atoms with van der Waals surface area (Å²) in [5.41, 5.74) is 7.00. The second-order valence-corrected chi connectivity index (χ2v) is 7.44. The first-order valence-corrected chi connectivity index (χ1v) is 9.29. The van der Waals surface area contributed by atoms with Crippen LogP contribution in [-0.2, 0) is 11.2 Å². The highest BCUT2D eigenvalue weighted by Gasteiger charge is 2.34. The van der Waals surface area contributed by atoms with E-state index in [4.69, 9.17) is 27.3 Å². The van der Waals surface area contributed by atoms with E-state index in [1.54, 1.807) is 0 Å². The van der Waals surface area contributed by atoms with E-state index in [2.05, 4.69) is 29.1 Å². The molecule has 7 heteroatoms. The molecule has 2 atom stereocenters. The van der Waals surface area contributed by atoms with Crippen LogP contribution in [-0.4, -0.2) is 65.4 Å². The highest BCUT2D eigenvalue weighted by Crippen LogP contribution is 2.25. The number of nitrogens with zero attached hydrogens (tertiary/aromatic N) is 3. The lowest BCUT2D eigenvalue weighted by Crippen LogP contribution is -2.57. The van der Waals surface area contributed by atoms with E-state index in [-0.39, 0.29) is 12.1 Å². The average molecular weight is 367 g/mol. The number of hydrogen-bond acceptors (Lipinski definition) is 4. The van der Waals surface area contributed by atoms with Crippen molar-refractivity contribution in [3.8, 4) is 0 Å². The molecule has 3 N–H and O–H groups in total. The number of guanidine groups is 1. The van der Waals surface area contributed by atoms with Crippen molar-refractivity contribution in [3.05, 3.63) is 34.9 Å². The first kappa shape index (κ1) is 18.3. The molecule has 2 aliphatic rings. The van der Waals surface area contributed by atoms with Gasteiger partial charge in [0.25, 0.3) is 0 Å². The van der Waals surface area contributed by atoms with Gasteiger partial charge in [0.15, 0.2) is 0 Å². The van der Waals surface area contributed by atoms with Crippen LogP contribution in [0.2, 0.25) is 5.02 Å². The van der Waals surface area contributed by atoms with Gasteiger partial charge < -0.3 is 20.6 Å². The summed E-state index contributed by atoms with van der Waals surface area (Å²) in [5.74, 6) is 0.214. The Hall–Kier alpha value is -1.50. The number of piperidine rings is 1. The van der Waals surface area contributed by atoms with Gasteiger partial charge in [0.2, 0.25) is 5.96 Å². The molecule has 0 saturated carbocycles. The maximum atomic E-state index is 8.85. The minimum atomic E-state index is 0.214. The highest BCUT2D eigenvalue weighted by molar-refractivity contribution is 6.30. The molecule has 0 aromatic heterocycles. The molecular weight excluding hydrogens is 340 g/mol. The van der Waals surface area contributed by atoms with Gasteiger partial charge in [0, 0.05) is 36.7 Å². The van der Waals surface area contributed by atoms with E-state index in [9.17, 15) is 0 Å². The molecule has 0 radical (unpaired) electrons. The average Bonchev–Trinajstić information content (AvgIpc) is 2.64. The highest BCUT2D eigenvalue weighted by atomic mass is 35.5. The molecule has 0 bridgehead atoms. The van der Waals surface area contributed by atoms with Crippen LogP contribution >= 0.6 is 11.6 Å². The van der Waals surface area contributed by atoms with Crippen LogP contribution in [0.3, 0.4) is 0 Å². The fourth-order valence-electron chi connectivity index (χ4n) is 3.88. The van der Waals surface area contributed by atoms with Crippen LogP contribution in [0.4, 0.5) is 0 Å². The predicted octanol–water partition coefficient (Wildman–Crippen LogP) is 2.14. The number of halogens is 1. The number of ether oxygens (including phenoxy) is 1. The summed E-state index contributed by atoms with van der Waals surface area (Å²) in [6, 6.07) is 8.97. The molecule has 138 valence electrons. The topological polar surface area (TPSA) is 74.3 Å². The van der Waals surface area contributed by atoms with E-state index in [1.807, 2.05) is 17.0 Å². The van der Waals surface area contributed by atoms with E-state index < -0.39 is 0 Å². The number of morpholine rings is 1. The largest absolute Gasteiger partial charge is 0.408 e. The molecule has 3 rings (SSSR count). The molecule has 0 unspecified atom stereocenters. The van der Waals surface area contributed by atoms with Gasteiger partial charge in [-0.2, -0.15) is 0 Å². The van der Waals surface area contributed by atoms with Crippen molar-refractivity contribution in [3.63, 3.8) is 0 Å². The van der Waals surface area contributed by atoms with Gasteiger partial charge in [-0.3, -0.25) is 4.90 Å². The van der Waals surface area contributed by atoms with Gasteiger partial charge in [0.1, 0.15) is 0 Å². The zero-order valence-electron chi connectivity index (χ0n) is 14.6. The molecule has 1 aromatic carbocycles. The molecule has 0 amide bonds. The van der Waals surface area contributed by atoms with Crippen molar-refractivity contribution in [2.75, 3.05) is 26.2 Å². The van der Waals surface area contributed by atoms with Crippen LogP contribution in [0.1, 0.15) is 25.3 Å². The Kier molecular flexibility index (Phi) is 6.04. The maximum absolute atomic E-state index is 8.85. The third-order valence-electron chi connectivity index (χ3n) is 5.25. The standard InChI is InChI=1S/C18H27ClN4O2/c1-13-11-23(16-6-8-22(9-7-16)18(20)21-24)17(12-25-13)10-14-2-4-15(19)5-3-14/h2-5,13,16-17,24H,6-12H2,1H3,(H2,20,21)/t13-,17-/m0/s1. The first-order chi connectivity index (χ1) is 12.1. The van der Waals surface area contributed by atoms with Gasteiger partial charge in [-0.05, 0) is 43.9 Å². The molecule has 0 spiro atoms. The summed E-state index contributed by atoms with van der Waals surface area (Å²) in [6.07, 6.45) is 3.24. The zero-order chi connectivity index (χ0) is 17.8. The summed E-state index contributed by atoms with van der Waals surface area (Å²) in [5, 5.41) is 12.7. The van der Waals surface area contributed by atoms with E-state index in [1.165, 1.54) is 5.56 Å². The molecule has 1 aromatic rings. The van der Waals surface area contributed by atoms with Gasteiger partial charge >= 0.3 is 0 Å². The van der Waals surface area contributed by atoms with E-state index in [0.717, 1.165) is 50.5 Å². The van der Waals surface area contributed by atoms with E-state index in [0.29, 0.717) is 12.1 Å². The van der Waals surface area contributed by atoms with Crippen molar-refractivity contribution in [1.82, 2.24) is 9.80 Å². The van der Waals surface area contributed by atoms with Crippen LogP contribution in [0.25, 0.3) is 0 Å². The number of oxime groups is 1. The van der Waals surface area contributed by atoms with Crippen molar-refractivity contribution < 1.29 is 9.94 Å². The second kappa shape index (κ2) is 8.25. The van der Waals surface area contributed by atoms with Crippen molar-refractivity contribution in [1.29, 1.82) is 0 Å². The monoisotopic (exact) mass is 366 g/mol. The molecular formula is C18H27ClN4O2. The fourth-order valence-corrected chi connectivity index (χ4v) is 4.00.